The van der Waals surface area contributed by atoms with Crippen molar-refractivity contribution in [2.75, 3.05) is 31.2 Å². The molecular weight excluding hydrogens is 460 g/mol. The van der Waals surface area contributed by atoms with E-state index in [0.717, 1.165) is 35.1 Å². The van der Waals surface area contributed by atoms with Gasteiger partial charge in [0, 0.05) is 36.3 Å². The van der Waals surface area contributed by atoms with Crippen LogP contribution in [0.3, 0.4) is 0 Å². The van der Waals surface area contributed by atoms with Crippen molar-refractivity contribution < 1.29 is 19.1 Å². The zero-order valence-corrected chi connectivity index (χ0v) is 20.6. The van der Waals surface area contributed by atoms with Crippen molar-refractivity contribution in [3.05, 3.63) is 70.5 Å². The molecule has 5 rings (SSSR count). The highest BCUT2D eigenvalue weighted by Gasteiger charge is 2.22. The molecule has 0 radical (unpaired) electrons. The van der Waals surface area contributed by atoms with E-state index in [2.05, 4.69) is 9.88 Å². The molecule has 0 atom stereocenters. The number of carbonyl (C=O) groups excluding carboxylic acids is 2. The average Bonchev–Trinajstić information content (AvgIpc) is 3.23. The van der Waals surface area contributed by atoms with Gasteiger partial charge >= 0.3 is 6.09 Å². The lowest BCUT2D eigenvalue weighted by Crippen LogP contribution is -2.36. The van der Waals surface area contributed by atoms with Crippen LogP contribution in [0.15, 0.2) is 53.7 Å². The van der Waals surface area contributed by atoms with Crippen molar-refractivity contribution in [1.82, 2.24) is 14.1 Å². The van der Waals surface area contributed by atoms with Crippen molar-refractivity contribution >= 4 is 39.7 Å². The number of nitrogens with zero attached hydrogens (tertiary/aromatic N) is 4. The topological polar surface area (TPSA) is 95.7 Å². The summed E-state index contributed by atoms with van der Waals surface area (Å²) in [6, 6.07) is 9.12. The highest BCUT2D eigenvalue weighted by molar-refractivity contribution is 5.97. The zero-order chi connectivity index (χ0) is 25.4. The van der Waals surface area contributed by atoms with Crippen LogP contribution in [-0.2, 0) is 16.0 Å². The number of rotatable bonds is 4. The van der Waals surface area contributed by atoms with Gasteiger partial charge in [0.15, 0.2) is 6.29 Å². The van der Waals surface area contributed by atoms with E-state index in [0.29, 0.717) is 36.9 Å². The normalized spacial score (nSPS) is 14.4. The Labute approximate surface area is 207 Å². The number of pyridine rings is 2. The third-order valence-electron chi connectivity index (χ3n) is 6.18. The predicted molar refractivity (Wildman–Crippen MR) is 137 cm³/mol. The number of anilines is 1. The molecule has 1 aliphatic heterocycles. The lowest BCUT2D eigenvalue weighted by molar-refractivity contribution is 0.0538. The SMILES string of the molecule is CC(C)(C)OC(=O)n1c(C=O)cc2ccc(Cn3ccc4c(N5CCOCC5)cncc4c3=O)cc21. The number of hydrogen-bond acceptors (Lipinski definition) is 7. The first-order valence-electron chi connectivity index (χ1n) is 11.9. The first kappa shape index (κ1) is 23.7. The van der Waals surface area contributed by atoms with Crippen LogP contribution >= 0.6 is 0 Å². The Hall–Kier alpha value is -3.98. The predicted octanol–water partition coefficient (Wildman–Crippen LogP) is 3.83. The Bertz CT molecular complexity index is 1520. The Morgan fingerprint density at radius 1 is 1.11 bits per heavy atom. The van der Waals surface area contributed by atoms with Crippen LogP contribution in [0.2, 0.25) is 0 Å². The summed E-state index contributed by atoms with van der Waals surface area (Å²) in [6.45, 7) is 8.41. The zero-order valence-electron chi connectivity index (χ0n) is 20.6. The molecule has 1 saturated heterocycles. The molecule has 9 nitrogen and oxygen atoms in total. The van der Waals surface area contributed by atoms with Gasteiger partial charge in [-0.05, 0) is 44.5 Å². The van der Waals surface area contributed by atoms with Crippen LogP contribution in [0, 0.1) is 0 Å². The molecule has 1 aliphatic rings. The van der Waals surface area contributed by atoms with Crippen LogP contribution in [0.5, 0.6) is 0 Å². The lowest BCUT2D eigenvalue weighted by atomic mass is 10.1. The minimum Gasteiger partial charge on any atom is -0.443 e. The van der Waals surface area contributed by atoms with Crippen LogP contribution in [0.25, 0.3) is 21.7 Å². The fourth-order valence-electron chi connectivity index (χ4n) is 4.53. The molecule has 0 saturated carbocycles. The highest BCUT2D eigenvalue weighted by Crippen LogP contribution is 2.26. The molecule has 3 aromatic heterocycles. The summed E-state index contributed by atoms with van der Waals surface area (Å²) in [6.07, 6.45) is 5.19. The fraction of sp³-hybridized carbons (Fsp3) is 0.333. The lowest BCUT2D eigenvalue weighted by Gasteiger charge is -2.29. The molecule has 0 N–H and O–H groups in total. The quantitative estimate of drug-likeness (QED) is 0.403. The summed E-state index contributed by atoms with van der Waals surface area (Å²) in [4.78, 5) is 44.4. The molecule has 1 aromatic carbocycles. The molecule has 0 amide bonds. The molecule has 36 heavy (non-hydrogen) atoms. The van der Waals surface area contributed by atoms with Gasteiger partial charge in [-0.15, -0.1) is 0 Å². The number of aldehydes is 1. The largest absolute Gasteiger partial charge is 0.443 e. The number of hydrogen-bond donors (Lipinski definition) is 0. The maximum atomic E-state index is 13.4. The molecule has 4 aromatic rings. The van der Waals surface area contributed by atoms with Gasteiger partial charge in [-0.1, -0.05) is 12.1 Å². The second-order valence-electron chi connectivity index (χ2n) is 9.86. The van der Waals surface area contributed by atoms with E-state index in [1.54, 1.807) is 50.0 Å². The van der Waals surface area contributed by atoms with E-state index < -0.39 is 11.7 Å². The number of fused-ring (bicyclic) bond motifs is 2. The first-order valence-corrected chi connectivity index (χ1v) is 11.9. The smallest absolute Gasteiger partial charge is 0.419 e. The Balaban J connectivity index is 1.52. The second-order valence-corrected chi connectivity index (χ2v) is 9.86. The number of carbonyl (C=O) groups is 2. The summed E-state index contributed by atoms with van der Waals surface area (Å²) in [7, 11) is 0. The van der Waals surface area contributed by atoms with E-state index in [4.69, 9.17) is 9.47 Å². The van der Waals surface area contributed by atoms with E-state index in [-0.39, 0.29) is 11.3 Å². The van der Waals surface area contributed by atoms with E-state index in [9.17, 15) is 14.4 Å². The minimum absolute atomic E-state index is 0.147. The van der Waals surface area contributed by atoms with E-state index in [1.807, 2.05) is 24.3 Å². The van der Waals surface area contributed by atoms with Gasteiger partial charge < -0.3 is 18.9 Å². The van der Waals surface area contributed by atoms with Gasteiger partial charge in [-0.2, -0.15) is 0 Å². The standard InChI is InChI=1S/C27H28N4O5/c1-27(2,3)36-26(34)31-20(17-32)13-19-5-4-18(12-23(19)31)16-30-7-6-21-22(25(30)33)14-28-15-24(21)29-8-10-35-11-9-29/h4-7,12-15,17H,8-11,16H2,1-3H3. The first-order chi connectivity index (χ1) is 17.2. The number of ether oxygens (including phenoxy) is 2. The van der Waals surface area contributed by atoms with Crippen molar-refractivity contribution in [1.29, 1.82) is 0 Å². The molecule has 186 valence electrons. The summed E-state index contributed by atoms with van der Waals surface area (Å²) in [5.74, 6) is 0. The number of benzene rings is 1. The van der Waals surface area contributed by atoms with Gasteiger partial charge in [-0.25, -0.2) is 9.36 Å². The molecule has 0 unspecified atom stereocenters. The van der Waals surface area contributed by atoms with Gasteiger partial charge in [0.05, 0.1) is 48.2 Å². The molecule has 0 aliphatic carbocycles. The summed E-state index contributed by atoms with van der Waals surface area (Å²) in [5, 5.41) is 2.14. The average molecular weight is 489 g/mol. The van der Waals surface area contributed by atoms with Crippen molar-refractivity contribution in [3.63, 3.8) is 0 Å². The van der Waals surface area contributed by atoms with Gasteiger partial charge in [-0.3, -0.25) is 14.6 Å². The minimum atomic E-state index is -0.710. The number of aromatic nitrogens is 3. The Morgan fingerprint density at radius 2 is 1.89 bits per heavy atom. The van der Waals surface area contributed by atoms with Crippen LogP contribution in [-0.4, -0.2) is 58.4 Å². The molecule has 1 fully saturated rings. The highest BCUT2D eigenvalue weighted by atomic mass is 16.6. The Morgan fingerprint density at radius 3 is 2.61 bits per heavy atom. The number of morpholine rings is 1. The maximum absolute atomic E-state index is 13.4. The second kappa shape index (κ2) is 9.23. The monoisotopic (exact) mass is 488 g/mol. The third kappa shape index (κ3) is 4.49. The summed E-state index contributed by atoms with van der Waals surface area (Å²) < 4.78 is 13.9. The summed E-state index contributed by atoms with van der Waals surface area (Å²) >= 11 is 0. The molecule has 0 bridgehead atoms. The molecular formula is C27H28N4O5. The molecule has 0 spiro atoms. The maximum Gasteiger partial charge on any atom is 0.419 e. The van der Waals surface area contributed by atoms with Gasteiger partial charge in [0.1, 0.15) is 5.60 Å². The van der Waals surface area contributed by atoms with E-state index in [1.165, 1.54) is 4.57 Å². The van der Waals surface area contributed by atoms with Gasteiger partial charge in [0.25, 0.3) is 5.56 Å². The summed E-state index contributed by atoms with van der Waals surface area (Å²) in [5.41, 5.74) is 1.64. The molecule has 9 heteroatoms. The van der Waals surface area contributed by atoms with Crippen molar-refractivity contribution in [2.45, 2.75) is 32.9 Å². The van der Waals surface area contributed by atoms with Crippen molar-refractivity contribution in [2.24, 2.45) is 0 Å². The van der Waals surface area contributed by atoms with Crippen LogP contribution in [0.1, 0.15) is 36.8 Å². The van der Waals surface area contributed by atoms with E-state index >= 15 is 0 Å². The third-order valence-corrected chi connectivity index (χ3v) is 6.18. The van der Waals surface area contributed by atoms with Crippen LogP contribution < -0.4 is 10.5 Å². The van der Waals surface area contributed by atoms with Gasteiger partial charge in [0.2, 0.25) is 0 Å². The Kier molecular flexibility index (Phi) is 6.09. The molecule has 4 heterocycles. The van der Waals surface area contributed by atoms with Crippen LogP contribution in [0.4, 0.5) is 10.5 Å². The van der Waals surface area contributed by atoms with Crippen molar-refractivity contribution in [3.8, 4) is 0 Å². The fourth-order valence-corrected chi connectivity index (χ4v) is 4.53.